The van der Waals surface area contributed by atoms with Gasteiger partial charge in [0.2, 0.25) is 11.8 Å². The molecule has 0 radical (unpaired) electrons. The smallest absolute Gasteiger partial charge is 0.330 e. The van der Waals surface area contributed by atoms with Crippen LogP contribution < -0.4 is 5.32 Å². The van der Waals surface area contributed by atoms with Gasteiger partial charge in [-0.3, -0.25) is 19.8 Å². The quantitative estimate of drug-likeness (QED) is 0.625. The minimum absolute atomic E-state index is 0.144. The third kappa shape index (κ3) is 3.62. The largest absolute Gasteiger partial charge is 0.375 e. The summed E-state index contributed by atoms with van der Waals surface area (Å²) in [4.78, 5) is 34.8. The molecule has 100 valence electrons. The van der Waals surface area contributed by atoms with E-state index in [9.17, 15) is 14.4 Å². The first-order valence-corrected chi connectivity index (χ1v) is 5.92. The normalized spacial score (nSPS) is 15.6. The summed E-state index contributed by atoms with van der Waals surface area (Å²) in [5, 5.41) is 2.09. The number of benzene rings is 1. The number of carbonyl (C=O) groups is 3. The molecule has 0 unspecified atom stereocenters. The summed E-state index contributed by atoms with van der Waals surface area (Å²) in [6.07, 6.45) is -0.287. The van der Waals surface area contributed by atoms with Crippen LogP contribution in [0.5, 0.6) is 0 Å². The van der Waals surface area contributed by atoms with Gasteiger partial charge in [-0.2, -0.15) is 0 Å². The number of hydrogen-bond donors (Lipinski definition) is 1. The van der Waals surface area contributed by atoms with E-state index in [1.165, 1.54) is 0 Å². The molecule has 0 aromatic heterocycles. The zero-order chi connectivity index (χ0) is 13.7. The lowest BCUT2D eigenvalue weighted by Gasteiger charge is -2.24. The standard InChI is InChI=1S/C13H14N2O4/c16-11-8-12(17)15(13(18)14-11)6-7-19-9-10-4-2-1-3-5-10/h1-5H,6-9H2,(H,14,16,18). The van der Waals surface area contributed by atoms with Crippen molar-refractivity contribution < 1.29 is 19.1 Å². The second-order valence-electron chi connectivity index (χ2n) is 4.11. The fourth-order valence-corrected chi connectivity index (χ4v) is 1.72. The molecule has 1 aliphatic rings. The first-order chi connectivity index (χ1) is 9.16. The fraction of sp³-hybridized carbons (Fsp3) is 0.308. The molecule has 0 aliphatic carbocycles. The molecule has 4 amide bonds. The lowest BCUT2D eigenvalue weighted by Crippen LogP contribution is -2.53. The minimum Gasteiger partial charge on any atom is -0.375 e. The van der Waals surface area contributed by atoms with Crippen LogP contribution in [0.25, 0.3) is 0 Å². The Morgan fingerprint density at radius 2 is 1.89 bits per heavy atom. The van der Waals surface area contributed by atoms with Crippen molar-refractivity contribution in [1.82, 2.24) is 10.2 Å². The molecule has 2 rings (SSSR count). The van der Waals surface area contributed by atoms with Crippen LogP contribution in [0.15, 0.2) is 30.3 Å². The second-order valence-corrected chi connectivity index (χ2v) is 4.11. The van der Waals surface area contributed by atoms with Crippen LogP contribution in [0.1, 0.15) is 12.0 Å². The maximum Gasteiger partial charge on any atom is 0.330 e. The molecule has 0 bridgehead atoms. The molecule has 1 aromatic carbocycles. The summed E-state index contributed by atoms with van der Waals surface area (Å²) in [6.45, 7) is 0.802. The van der Waals surface area contributed by atoms with Crippen molar-refractivity contribution in [3.8, 4) is 0 Å². The van der Waals surface area contributed by atoms with Gasteiger partial charge in [0.15, 0.2) is 0 Å². The molecule has 1 saturated heterocycles. The van der Waals surface area contributed by atoms with E-state index in [1.54, 1.807) is 0 Å². The number of imide groups is 2. The highest BCUT2D eigenvalue weighted by Crippen LogP contribution is 2.04. The summed E-state index contributed by atoms with van der Waals surface area (Å²) < 4.78 is 5.39. The van der Waals surface area contributed by atoms with Crippen LogP contribution in [0.2, 0.25) is 0 Å². The van der Waals surface area contributed by atoms with Gasteiger partial charge in [0.1, 0.15) is 6.42 Å². The Hall–Kier alpha value is -2.21. The van der Waals surface area contributed by atoms with Crippen molar-refractivity contribution in [2.24, 2.45) is 0 Å². The van der Waals surface area contributed by atoms with Gasteiger partial charge in [-0.1, -0.05) is 30.3 Å². The molecule has 1 fully saturated rings. The monoisotopic (exact) mass is 262 g/mol. The molecule has 0 spiro atoms. The molecule has 0 atom stereocenters. The van der Waals surface area contributed by atoms with Crippen LogP contribution in [0, 0.1) is 0 Å². The Labute approximate surface area is 110 Å². The molecule has 6 heteroatoms. The zero-order valence-electron chi connectivity index (χ0n) is 10.3. The van der Waals surface area contributed by atoms with Gasteiger partial charge in [0.25, 0.3) is 0 Å². The number of ether oxygens (including phenoxy) is 1. The predicted molar refractivity (Wildman–Crippen MR) is 66.0 cm³/mol. The zero-order valence-corrected chi connectivity index (χ0v) is 10.3. The minimum atomic E-state index is -0.676. The van der Waals surface area contributed by atoms with E-state index in [0.29, 0.717) is 6.61 Å². The molecule has 19 heavy (non-hydrogen) atoms. The van der Waals surface area contributed by atoms with E-state index in [0.717, 1.165) is 10.5 Å². The Morgan fingerprint density at radius 3 is 2.58 bits per heavy atom. The molecule has 1 heterocycles. The first-order valence-electron chi connectivity index (χ1n) is 5.92. The Bertz CT molecular complexity index is 467. The van der Waals surface area contributed by atoms with Gasteiger partial charge in [-0.25, -0.2) is 4.79 Å². The number of urea groups is 1. The SMILES string of the molecule is O=C1CC(=O)N(CCOCc2ccccc2)C(=O)N1. The Balaban J connectivity index is 1.75. The number of barbiturate groups is 1. The van der Waals surface area contributed by atoms with E-state index in [-0.39, 0.29) is 19.6 Å². The van der Waals surface area contributed by atoms with Gasteiger partial charge in [-0.15, -0.1) is 0 Å². The number of hydrogen-bond acceptors (Lipinski definition) is 4. The van der Waals surface area contributed by atoms with Crippen LogP contribution in [-0.4, -0.2) is 35.9 Å². The summed E-state index contributed by atoms with van der Waals surface area (Å²) in [6, 6.07) is 8.91. The predicted octanol–water partition coefficient (Wildman–Crippen LogP) is 0.672. The average Bonchev–Trinajstić information content (AvgIpc) is 2.38. The first kappa shape index (κ1) is 13.2. The summed E-state index contributed by atoms with van der Waals surface area (Å²) >= 11 is 0. The summed E-state index contributed by atoms with van der Waals surface area (Å²) in [7, 11) is 0. The van der Waals surface area contributed by atoms with Crippen LogP contribution in [0.4, 0.5) is 4.79 Å². The summed E-state index contributed by atoms with van der Waals surface area (Å²) in [5.74, 6) is -1.05. The fourth-order valence-electron chi connectivity index (χ4n) is 1.72. The van der Waals surface area contributed by atoms with E-state index in [2.05, 4.69) is 5.32 Å². The van der Waals surface area contributed by atoms with Crippen LogP contribution >= 0.6 is 0 Å². The number of carbonyl (C=O) groups excluding carboxylic acids is 3. The van der Waals surface area contributed by atoms with E-state index < -0.39 is 17.8 Å². The maximum atomic E-state index is 11.5. The highest BCUT2D eigenvalue weighted by Gasteiger charge is 2.30. The lowest BCUT2D eigenvalue weighted by atomic mass is 10.2. The Morgan fingerprint density at radius 1 is 1.16 bits per heavy atom. The third-order valence-corrected chi connectivity index (χ3v) is 2.68. The third-order valence-electron chi connectivity index (χ3n) is 2.68. The number of nitrogens with one attached hydrogen (secondary N) is 1. The molecule has 1 aliphatic heterocycles. The van der Waals surface area contributed by atoms with Crippen LogP contribution in [0.3, 0.4) is 0 Å². The van der Waals surface area contributed by atoms with Gasteiger partial charge >= 0.3 is 6.03 Å². The number of rotatable bonds is 5. The van der Waals surface area contributed by atoms with Crippen molar-refractivity contribution in [1.29, 1.82) is 0 Å². The van der Waals surface area contributed by atoms with Crippen molar-refractivity contribution in [2.75, 3.05) is 13.2 Å². The molecular weight excluding hydrogens is 248 g/mol. The van der Waals surface area contributed by atoms with Gasteiger partial charge in [0, 0.05) is 0 Å². The summed E-state index contributed by atoms with van der Waals surface area (Å²) in [5.41, 5.74) is 1.02. The lowest BCUT2D eigenvalue weighted by molar-refractivity contribution is -0.136. The number of nitrogens with zero attached hydrogens (tertiary/aromatic N) is 1. The molecule has 0 saturated carbocycles. The average molecular weight is 262 g/mol. The van der Waals surface area contributed by atoms with Crippen molar-refractivity contribution in [3.05, 3.63) is 35.9 Å². The Kier molecular flexibility index (Phi) is 4.25. The van der Waals surface area contributed by atoms with Crippen molar-refractivity contribution in [3.63, 3.8) is 0 Å². The molecule has 6 nitrogen and oxygen atoms in total. The maximum absolute atomic E-state index is 11.5. The van der Waals surface area contributed by atoms with E-state index in [1.807, 2.05) is 30.3 Å². The van der Waals surface area contributed by atoms with Gasteiger partial charge in [-0.05, 0) is 5.56 Å². The highest BCUT2D eigenvalue weighted by molar-refractivity contribution is 6.14. The van der Waals surface area contributed by atoms with E-state index >= 15 is 0 Å². The van der Waals surface area contributed by atoms with Gasteiger partial charge < -0.3 is 4.74 Å². The highest BCUT2D eigenvalue weighted by atomic mass is 16.5. The molecule has 1 aromatic rings. The topological polar surface area (TPSA) is 75.7 Å². The molecule has 1 N–H and O–H groups in total. The molecular formula is C13H14N2O4. The van der Waals surface area contributed by atoms with Crippen LogP contribution in [-0.2, 0) is 20.9 Å². The second kappa shape index (κ2) is 6.10. The van der Waals surface area contributed by atoms with Crippen molar-refractivity contribution in [2.45, 2.75) is 13.0 Å². The van der Waals surface area contributed by atoms with Gasteiger partial charge in [0.05, 0.1) is 19.8 Å². The van der Waals surface area contributed by atoms with E-state index in [4.69, 9.17) is 4.74 Å². The van der Waals surface area contributed by atoms with Crippen molar-refractivity contribution >= 4 is 17.8 Å². The number of amides is 4.